The summed E-state index contributed by atoms with van der Waals surface area (Å²) in [5.41, 5.74) is 0.797. The summed E-state index contributed by atoms with van der Waals surface area (Å²) in [5, 5.41) is 0. The van der Waals surface area contributed by atoms with Crippen LogP contribution < -0.4 is 0 Å². The molecule has 0 radical (unpaired) electrons. The van der Waals surface area contributed by atoms with Crippen molar-refractivity contribution in [2.24, 2.45) is 0 Å². The van der Waals surface area contributed by atoms with Crippen molar-refractivity contribution in [2.75, 3.05) is 26.4 Å². The van der Waals surface area contributed by atoms with Gasteiger partial charge in [-0.1, -0.05) is 48.5 Å². The Morgan fingerprint density at radius 1 is 0.600 bits per heavy atom. The van der Waals surface area contributed by atoms with Gasteiger partial charge < -0.3 is 23.7 Å². The number of rotatable bonds is 8. The largest absolute Gasteiger partial charge is 0.462 e. The molecule has 2 unspecified atom stereocenters. The average molecular weight is 475 g/mol. The molecule has 4 aliphatic rings. The molecule has 0 amide bonds. The molecule has 4 atom stereocenters. The van der Waals surface area contributed by atoms with E-state index in [1.807, 2.05) is 72.8 Å². The van der Waals surface area contributed by atoms with Crippen LogP contribution in [0.2, 0.25) is 0 Å². The molecular formula is C28H26O7. The maximum absolute atomic E-state index is 11.5. The molecule has 35 heavy (non-hydrogen) atoms. The molecule has 7 nitrogen and oxygen atoms in total. The number of carbonyl (C=O) groups excluding carboxylic acids is 2. The Morgan fingerprint density at radius 2 is 0.914 bits per heavy atom. The van der Waals surface area contributed by atoms with Crippen molar-refractivity contribution >= 4 is 11.9 Å². The van der Waals surface area contributed by atoms with E-state index in [9.17, 15) is 9.59 Å². The van der Waals surface area contributed by atoms with Crippen molar-refractivity contribution in [2.45, 2.75) is 36.3 Å². The second-order valence-corrected chi connectivity index (χ2v) is 9.57. The first kappa shape index (κ1) is 22.2. The summed E-state index contributed by atoms with van der Waals surface area (Å²) in [7, 11) is 0. The number of hydrogen-bond donors (Lipinski definition) is 0. The van der Waals surface area contributed by atoms with E-state index in [0.717, 1.165) is 22.3 Å². The molecule has 180 valence electrons. The molecule has 4 bridgehead atoms. The Bertz CT molecular complexity index is 1180. The number of benzene rings is 2. The van der Waals surface area contributed by atoms with Gasteiger partial charge in [0, 0.05) is 13.8 Å². The fourth-order valence-electron chi connectivity index (χ4n) is 5.74. The molecule has 6 rings (SSSR count). The Kier molecular flexibility index (Phi) is 4.84. The van der Waals surface area contributed by atoms with Crippen LogP contribution in [0.15, 0.2) is 72.8 Å². The summed E-state index contributed by atoms with van der Waals surface area (Å²) >= 11 is 0. The lowest BCUT2D eigenvalue weighted by atomic mass is 9.82. The van der Waals surface area contributed by atoms with Crippen molar-refractivity contribution in [3.8, 4) is 0 Å². The zero-order valence-electron chi connectivity index (χ0n) is 19.6. The van der Waals surface area contributed by atoms with Crippen molar-refractivity contribution in [3.05, 3.63) is 95.1 Å². The molecule has 0 aliphatic carbocycles. The van der Waals surface area contributed by atoms with Crippen molar-refractivity contribution in [3.63, 3.8) is 0 Å². The SMILES string of the molecule is CC(=O)OCC12C=CC(COC[C@@]34C=C[C@@](COC(C)=O)(O3)c3ccccc34)(O1)c1ccccc12. The highest BCUT2D eigenvalue weighted by molar-refractivity contribution is 5.67. The van der Waals surface area contributed by atoms with Crippen molar-refractivity contribution in [1.82, 2.24) is 0 Å². The van der Waals surface area contributed by atoms with Gasteiger partial charge in [0.25, 0.3) is 0 Å². The fourth-order valence-corrected chi connectivity index (χ4v) is 5.74. The molecule has 0 fully saturated rings. The summed E-state index contributed by atoms with van der Waals surface area (Å²) in [6.07, 6.45) is 7.91. The van der Waals surface area contributed by atoms with Gasteiger partial charge in [0.05, 0.1) is 13.2 Å². The number of carbonyl (C=O) groups is 2. The second-order valence-electron chi connectivity index (χ2n) is 9.57. The molecule has 0 aromatic heterocycles. The zero-order valence-corrected chi connectivity index (χ0v) is 19.6. The molecule has 0 spiro atoms. The Balaban J connectivity index is 1.23. The molecule has 2 aromatic carbocycles. The van der Waals surface area contributed by atoms with E-state index >= 15 is 0 Å². The summed E-state index contributed by atoms with van der Waals surface area (Å²) in [6.45, 7) is 3.53. The number of fused-ring (bicyclic) bond motifs is 10. The minimum absolute atomic E-state index is 0.111. The van der Waals surface area contributed by atoms with Gasteiger partial charge in [-0.25, -0.2) is 0 Å². The van der Waals surface area contributed by atoms with Gasteiger partial charge in [-0.15, -0.1) is 0 Å². The molecule has 4 aliphatic heterocycles. The van der Waals surface area contributed by atoms with Gasteiger partial charge in [-0.05, 0) is 46.6 Å². The highest BCUT2D eigenvalue weighted by Gasteiger charge is 2.59. The van der Waals surface area contributed by atoms with Crippen LogP contribution in [-0.4, -0.2) is 38.4 Å². The van der Waals surface area contributed by atoms with E-state index in [0.29, 0.717) is 0 Å². The summed E-state index contributed by atoms with van der Waals surface area (Å²) in [6, 6.07) is 15.9. The van der Waals surface area contributed by atoms with Gasteiger partial charge >= 0.3 is 11.9 Å². The molecule has 0 saturated heterocycles. The fraction of sp³-hybridized carbons (Fsp3) is 0.357. The van der Waals surface area contributed by atoms with E-state index < -0.39 is 22.4 Å². The Morgan fingerprint density at radius 3 is 1.23 bits per heavy atom. The third-order valence-electron chi connectivity index (χ3n) is 7.26. The first-order chi connectivity index (χ1) is 16.8. The molecule has 4 heterocycles. The van der Waals surface area contributed by atoms with Gasteiger partial charge in [-0.2, -0.15) is 0 Å². The van der Waals surface area contributed by atoms with E-state index in [-0.39, 0.29) is 38.4 Å². The van der Waals surface area contributed by atoms with Gasteiger partial charge in [-0.3, -0.25) is 9.59 Å². The predicted molar refractivity (Wildman–Crippen MR) is 124 cm³/mol. The van der Waals surface area contributed by atoms with Gasteiger partial charge in [0.2, 0.25) is 0 Å². The molecule has 7 heteroatoms. The lowest BCUT2D eigenvalue weighted by Crippen LogP contribution is -2.35. The normalized spacial score (nSPS) is 32.5. The smallest absolute Gasteiger partial charge is 0.302 e. The highest BCUT2D eigenvalue weighted by Crippen LogP contribution is 2.56. The van der Waals surface area contributed by atoms with Crippen LogP contribution >= 0.6 is 0 Å². The lowest BCUT2D eigenvalue weighted by molar-refractivity contribution is -0.172. The topological polar surface area (TPSA) is 80.3 Å². The standard InChI is InChI=1S/C28H26O7/c1-19(29)32-17-27-13-11-25(34-27,21-7-3-5-9-23(21)27)15-31-16-26-12-14-28(35-26,18-33-20(2)30)24-10-6-4-8-22(24)26/h3-14H,15-18H2,1-2H3/t25-,26?,27+,28?/m1/s1. The summed E-state index contributed by atoms with van der Waals surface area (Å²) in [5.74, 6) is -0.702. The van der Waals surface area contributed by atoms with E-state index in [1.54, 1.807) is 0 Å². The highest BCUT2D eigenvalue weighted by atomic mass is 16.6. The summed E-state index contributed by atoms with van der Waals surface area (Å²) in [4.78, 5) is 23.0. The van der Waals surface area contributed by atoms with Crippen molar-refractivity contribution in [1.29, 1.82) is 0 Å². The predicted octanol–water partition coefficient (Wildman–Crippen LogP) is 3.51. The van der Waals surface area contributed by atoms with Gasteiger partial charge in [0.1, 0.15) is 35.6 Å². The van der Waals surface area contributed by atoms with Crippen LogP contribution in [0.4, 0.5) is 0 Å². The Labute approximate surface area is 203 Å². The van der Waals surface area contributed by atoms with Gasteiger partial charge in [0.15, 0.2) is 0 Å². The van der Waals surface area contributed by atoms with Crippen LogP contribution in [0.3, 0.4) is 0 Å². The Hall–Kier alpha value is -3.26. The van der Waals surface area contributed by atoms with E-state index in [4.69, 9.17) is 23.7 Å². The van der Waals surface area contributed by atoms with Crippen LogP contribution in [0.1, 0.15) is 36.1 Å². The third-order valence-corrected chi connectivity index (χ3v) is 7.26. The van der Waals surface area contributed by atoms with E-state index in [2.05, 4.69) is 0 Å². The minimum atomic E-state index is -0.813. The average Bonchev–Trinajstić information content (AvgIpc) is 3.57. The van der Waals surface area contributed by atoms with Crippen LogP contribution in [0.25, 0.3) is 0 Å². The van der Waals surface area contributed by atoms with E-state index in [1.165, 1.54) is 13.8 Å². The van der Waals surface area contributed by atoms with Crippen molar-refractivity contribution < 1.29 is 33.3 Å². The monoisotopic (exact) mass is 474 g/mol. The second kappa shape index (κ2) is 7.62. The first-order valence-electron chi connectivity index (χ1n) is 11.7. The maximum atomic E-state index is 11.5. The first-order valence-corrected chi connectivity index (χ1v) is 11.7. The van der Waals surface area contributed by atoms with Crippen LogP contribution in [0, 0.1) is 0 Å². The molecular weight excluding hydrogens is 448 g/mol. The summed E-state index contributed by atoms with van der Waals surface area (Å²) < 4.78 is 30.1. The minimum Gasteiger partial charge on any atom is -0.462 e. The molecule has 0 N–H and O–H groups in total. The zero-order chi connectivity index (χ0) is 24.3. The molecule has 0 saturated carbocycles. The number of ether oxygens (including phenoxy) is 5. The maximum Gasteiger partial charge on any atom is 0.302 e. The van der Waals surface area contributed by atoms with Crippen LogP contribution in [0.5, 0.6) is 0 Å². The number of hydrogen-bond acceptors (Lipinski definition) is 7. The quantitative estimate of drug-likeness (QED) is 0.428. The molecule has 2 aromatic rings. The third kappa shape index (κ3) is 3.22. The van der Waals surface area contributed by atoms with Crippen LogP contribution in [-0.2, 0) is 55.7 Å². The lowest BCUT2D eigenvalue weighted by Gasteiger charge is -2.29. The number of esters is 2.